The molecule has 5 heteroatoms. The van der Waals surface area contributed by atoms with Crippen molar-refractivity contribution in [2.75, 3.05) is 12.8 Å². The lowest BCUT2D eigenvalue weighted by Gasteiger charge is -2.08. The van der Waals surface area contributed by atoms with Crippen molar-refractivity contribution in [2.24, 2.45) is 0 Å². The lowest BCUT2D eigenvalue weighted by atomic mass is 10.3. The molecule has 0 bridgehead atoms. The molecule has 3 nitrogen and oxygen atoms in total. The lowest BCUT2D eigenvalue weighted by Crippen LogP contribution is -1.94. The molecule has 18 heavy (non-hydrogen) atoms. The summed E-state index contributed by atoms with van der Waals surface area (Å²) >= 11 is 5.07. The molecule has 2 aromatic rings. The highest BCUT2D eigenvalue weighted by molar-refractivity contribution is 9.10. The molecule has 0 aliphatic heterocycles. The molecule has 2 rings (SSSR count). The van der Waals surface area contributed by atoms with Gasteiger partial charge in [-0.05, 0) is 24.3 Å². The number of methoxy groups -OCH3 is 1. The van der Waals surface area contributed by atoms with E-state index in [1.165, 1.54) is 0 Å². The van der Waals surface area contributed by atoms with Gasteiger partial charge in [-0.15, -0.1) is 11.8 Å². The van der Waals surface area contributed by atoms with Gasteiger partial charge in [0.2, 0.25) is 5.88 Å². The average molecular weight is 325 g/mol. The molecule has 0 aliphatic rings. The number of pyridine rings is 1. The molecule has 0 aliphatic carbocycles. The Morgan fingerprint density at radius 2 is 2.22 bits per heavy atom. The third-order valence-corrected chi connectivity index (χ3v) is 4.03. The molecular weight excluding hydrogens is 312 g/mol. The van der Waals surface area contributed by atoms with Gasteiger partial charge in [0.05, 0.1) is 7.11 Å². The molecule has 0 radical (unpaired) electrons. The zero-order chi connectivity index (χ0) is 13.0. The molecule has 0 unspecified atom stereocenters. The van der Waals surface area contributed by atoms with Gasteiger partial charge in [-0.1, -0.05) is 22.0 Å². The van der Waals surface area contributed by atoms with Gasteiger partial charge >= 0.3 is 0 Å². The van der Waals surface area contributed by atoms with E-state index in [2.05, 4.69) is 20.9 Å². The Morgan fingerprint density at radius 3 is 2.94 bits per heavy atom. The molecule has 1 aromatic heterocycles. The van der Waals surface area contributed by atoms with E-state index in [1.54, 1.807) is 25.1 Å². The third-order valence-electron chi connectivity index (χ3n) is 2.40. The first-order valence-electron chi connectivity index (χ1n) is 5.36. The summed E-state index contributed by atoms with van der Waals surface area (Å²) in [7, 11) is 1.63. The first-order chi connectivity index (χ1) is 8.70. The topological polar surface area (TPSA) is 48.1 Å². The molecule has 94 valence electrons. The minimum atomic E-state index is 0.667. The molecule has 2 N–H and O–H groups in total. The normalized spacial score (nSPS) is 10.3. The molecule has 1 aromatic carbocycles. The number of hydrogen-bond acceptors (Lipinski definition) is 4. The van der Waals surface area contributed by atoms with Gasteiger partial charge in [0.1, 0.15) is 0 Å². The zero-order valence-corrected chi connectivity index (χ0v) is 12.3. The molecule has 0 spiro atoms. The summed E-state index contributed by atoms with van der Waals surface area (Å²) in [5, 5.41) is 0. The third kappa shape index (κ3) is 3.17. The van der Waals surface area contributed by atoms with Gasteiger partial charge in [0, 0.05) is 32.6 Å². The number of aromatic nitrogens is 1. The Balaban J connectivity index is 2.11. The van der Waals surface area contributed by atoms with Crippen LogP contribution in [0, 0.1) is 0 Å². The summed E-state index contributed by atoms with van der Waals surface area (Å²) in [6, 6.07) is 9.81. The van der Waals surface area contributed by atoms with Crippen LogP contribution < -0.4 is 10.5 Å². The number of nitrogens with two attached hydrogens (primary N) is 1. The molecule has 0 amide bonds. The Labute approximate surface area is 119 Å². The van der Waals surface area contributed by atoms with Gasteiger partial charge in [-0.3, -0.25) is 0 Å². The number of hydrogen-bond donors (Lipinski definition) is 1. The van der Waals surface area contributed by atoms with Crippen molar-refractivity contribution in [3.8, 4) is 5.88 Å². The fourth-order valence-corrected chi connectivity index (χ4v) is 2.82. The van der Waals surface area contributed by atoms with Crippen molar-refractivity contribution >= 4 is 33.4 Å². The number of nitrogens with zero attached hydrogens (tertiary/aromatic N) is 1. The highest BCUT2D eigenvalue weighted by Gasteiger charge is 2.06. The van der Waals surface area contributed by atoms with E-state index in [4.69, 9.17) is 10.5 Å². The van der Waals surface area contributed by atoms with Crippen LogP contribution in [0.2, 0.25) is 0 Å². The standard InChI is InChI=1S/C13H13BrN2OS/c1-17-13-9(3-2-6-16-13)8-18-12-5-4-10(14)7-11(12)15/h2-7H,8,15H2,1H3. The highest BCUT2D eigenvalue weighted by atomic mass is 79.9. The highest BCUT2D eigenvalue weighted by Crippen LogP contribution is 2.31. The van der Waals surface area contributed by atoms with E-state index in [1.807, 2.05) is 30.3 Å². The maximum Gasteiger partial charge on any atom is 0.217 e. The number of anilines is 1. The van der Waals surface area contributed by atoms with E-state index in [-0.39, 0.29) is 0 Å². The summed E-state index contributed by atoms with van der Waals surface area (Å²) in [6.07, 6.45) is 1.72. The van der Waals surface area contributed by atoms with Crippen molar-refractivity contribution in [3.63, 3.8) is 0 Å². The molecular formula is C13H13BrN2OS. The summed E-state index contributed by atoms with van der Waals surface area (Å²) in [4.78, 5) is 5.23. The number of ether oxygens (including phenoxy) is 1. The maximum atomic E-state index is 5.96. The first-order valence-corrected chi connectivity index (χ1v) is 7.14. The predicted molar refractivity (Wildman–Crippen MR) is 78.9 cm³/mol. The van der Waals surface area contributed by atoms with E-state index in [0.717, 1.165) is 26.4 Å². The van der Waals surface area contributed by atoms with Crippen LogP contribution in [0.3, 0.4) is 0 Å². The van der Waals surface area contributed by atoms with E-state index in [0.29, 0.717) is 5.88 Å². The van der Waals surface area contributed by atoms with Crippen LogP contribution in [0.1, 0.15) is 5.56 Å². The smallest absolute Gasteiger partial charge is 0.217 e. The van der Waals surface area contributed by atoms with E-state index >= 15 is 0 Å². The quantitative estimate of drug-likeness (QED) is 0.687. The fraction of sp³-hybridized carbons (Fsp3) is 0.154. The number of halogens is 1. The van der Waals surface area contributed by atoms with Crippen LogP contribution in [-0.2, 0) is 5.75 Å². The van der Waals surface area contributed by atoms with Crippen molar-refractivity contribution in [3.05, 3.63) is 46.6 Å². The Kier molecular flexibility index (Phi) is 4.49. The first kappa shape index (κ1) is 13.2. The van der Waals surface area contributed by atoms with E-state index < -0.39 is 0 Å². The van der Waals surface area contributed by atoms with Crippen molar-refractivity contribution < 1.29 is 4.74 Å². The lowest BCUT2D eigenvalue weighted by molar-refractivity contribution is 0.394. The zero-order valence-electron chi connectivity index (χ0n) is 9.89. The number of thioether (sulfide) groups is 1. The molecule has 1 heterocycles. The Bertz CT molecular complexity index is 548. The SMILES string of the molecule is COc1ncccc1CSc1ccc(Br)cc1N. The summed E-state index contributed by atoms with van der Waals surface area (Å²) in [5.41, 5.74) is 7.80. The van der Waals surface area contributed by atoms with Gasteiger partial charge in [0.15, 0.2) is 0 Å². The largest absolute Gasteiger partial charge is 0.481 e. The molecule has 0 saturated heterocycles. The minimum absolute atomic E-state index is 0.667. The Hall–Kier alpha value is -1.20. The van der Waals surface area contributed by atoms with Crippen LogP contribution in [0.4, 0.5) is 5.69 Å². The van der Waals surface area contributed by atoms with Crippen LogP contribution >= 0.6 is 27.7 Å². The number of rotatable bonds is 4. The second-order valence-corrected chi connectivity index (χ2v) is 5.58. The summed E-state index contributed by atoms with van der Waals surface area (Å²) < 4.78 is 6.21. The predicted octanol–water partition coefficient (Wildman–Crippen LogP) is 3.73. The van der Waals surface area contributed by atoms with Gasteiger partial charge in [-0.25, -0.2) is 4.98 Å². The van der Waals surface area contributed by atoms with Crippen LogP contribution in [-0.4, -0.2) is 12.1 Å². The second kappa shape index (κ2) is 6.11. The van der Waals surface area contributed by atoms with Crippen LogP contribution in [0.5, 0.6) is 5.88 Å². The average Bonchev–Trinajstić information content (AvgIpc) is 2.38. The van der Waals surface area contributed by atoms with E-state index in [9.17, 15) is 0 Å². The van der Waals surface area contributed by atoms with Gasteiger partial charge in [-0.2, -0.15) is 0 Å². The molecule has 0 fully saturated rings. The van der Waals surface area contributed by atoms with Crippen LogP contribution in [0.25, 0.3) is 0 Å². The maximum absolute atomic E-state index is 5.96. The number of nitrogen functional groups attached to an aromatic ring is 1. The second-order valence-electron chi connectivity index (χ2n) is 3.64. The fourth-order valence-electron chi connectivity index (χ4n) is 1.52. The summed E-state index contributed by atoms with van der Waals surface area (Å²) in [6.45, 7) is 0. The van der Waals surface area contributed by atoms with Crippen LogP contribution in [0.15, 0.2) is 45.9 Å². The van der Waals surface area contributed by atoms with Gasteiger partial charge < -0.3 is 10.5 Å². The molecule has 0 atom stereocenters. The van der Waals surface area contributed by atoms with Gasteiger partial charge in [0.25, 0.3) is 0 Å². The van der Waals surface area contributed by atoms with Crippen molar-refractivity contribution in [1.29, 1.82) is 0 Å². The Morgan fingerprint density at radius 1 is 1.39 bits per heavy atom. The summed E-state index contributed by atoms with van der Waals surface area (Å²) in [5.74, 6) is 1.45. The number of benzene rings is 1. The van der Waals surface area contributed by atoms with Crippen molar-refractivity contribution in [2.45, 2.75) is 10.6 Å². The molecule has 0 saturated carbocycles. The minimum Gasteiger partial charge on any atom is -0.481 e. The monoisotopic (exact) mass is 324 g/mol. The van der Waals surface area contributed by atoms with Crippen molar-refractivity contribution in [1.82, 2.24) is 4.98 Å².